The Morgan fingerprint density at radius 1 is 0.595 bits per heavy atom. The fourth-order valence-electron chi connectivity index (χ4n) is 6.65. The van der Waals surface area contributed by atoms with Crippen molar-refractivity contribution in [1.29, 1.82) is 0 Å². The summed E-state index contributed by atoms with van der Waals surface area (Å²) in [6.45, 7) is 17.9. The molecule has 0 aromatic heterocycles. The third-order valence-corrected chi connectivity index (χ3v) is 8.87. The van der Waals surface area contributed by atoms with Crippen molar-refractivity contribution in [3.05, 3.63) is 129 Å². The molecule has 1 heterocycles. The largest absolute Gasteiger partial charge is 0.310 e. The standard InChI is InChI=1S/C39H39NO2/c1-37(2,3)30-23-34(40-32-19-13-11-17-28(32)39(7,8)29-18-12-14-20-33(29)40)31(38(4,5)6)22-24(30)21-27-35(41)25-15-9-10-16-26(25)36(27)42/h9-23H,1-8H3. The first-order valence-electron chi connectivity index (χ1n) is 14.8. The van der Waals surface area contributed by atoms with E-state index in [1.807, 2.05) is 18.2 Å². The Morgan fingerprint density at radius 2 is 1.05 bits per heavy atom. The average Bonchev–Trinajstić information content (AvgIpc) is 3.17. The van der Waals surface area contributed by atoms with Gasteiger partial charge in [-0.2, -0.15) is 0 Å². The smallest absolute Gasteiger partial charge is 0.197 e. The molecule has 0 amide bonds. The summed E-state index contributed by atoms with van der Waals surface area (Å²) in [5, 5.41) is 0. The summed E-state index contributed by atoms with van der Waals surface area (Å²) in [7, 11) is 0. The van der Waals surface area contributed by atoms with Gasteiger partial charge in [-0.05, 0) is 69.0 Å². The lowest BCUT2D eigenvalue weighted by molar-refractivity contribution is 0.0990. The highest BCUT2D eigenvalue weighted by molar-refractivity contribution is 6.41. The van der Waals surface area contributed by atoms with Crippen LogP contribution in [0.4, 0.5) is 17.1 Å². The van der Waals surface area contributed by atoms with Crippen LogP contribution in [0.5, 0.6) is 0 Å². The van der Waals surface area contributed by atoms with Crippen molar-refractivity contribution in [3.63, 3.8) is 0 Å². The van der Waals surface area contributed by atoms with Crippen LogP contribution in [0.25, 0.3) is 6.08 Å². The predicted molar refractivity (Wildman–Crippen MR) is 174 cm³/mol. The minimum absolute atomic E-state index is 0.152. The Hall–Kier alpha value is -4.24. The number of carbonyl (C=O) groups excluding carboxylic acids is 2. The van der Waals surface area contributed by atoms with Crippen molar-refractivity contribution >= 4 is 34.7 Å². The lowest BCUT2D eigenvalue weighted by Crippen LogP contribution is -2.32. The zero-order valence-electron chi connectivity index (χ0n) is 25.9. The molecule has 0 radical (unpaired) electrons. The Morgan fingerprint density at radius 3 is 1.52 bits per heavy atom. The third-order valence-electron chi connectivity index (χ3n) is 8.87. The number of allylic oxidation sites excluding steroid dienone is 1. The Bertz CT molecular complexity index is 1720. The summed E-state index contributed by atoms with van der Waals surface area (Å²) in [6, 6.07) is 29.1. The summed E-state index contributed by atoms with van der Waals surface area (Å²) >= 11 is 0. The van der Waals surface area contributed by atoms with Crippen LogP contribution in [0.2, 0.25) is 0 Å². The number of hydrogen-bond acceptors (Lipinski definition) is 3. The Kier molecular flexibility index (Phi) is 6.24. The highest BCUT2D eigenvalue weighted by Gasteiger charge is 2.39. The molecular formula is C39H39NO2. The predicted octanol–water partition coefficient (Wildman–Crippen LogP) is 9.85. The zero-order valence-corrected chi connectivity index (χ0v) is 25.9. The van der Waals surface area contributed by atoms with Gasteiger partial charge in [0.15, 0.2) is 11.6 Å². The maximum atomic E-state index is 13.4. The average molecular weight is 554 g/mol. The van der Waals surface area contributed by atoms with Crippen molar-refractivity contribution in [1.82, 2.24) is 0 Å². The second kappa shape index (κ2) is 9.39. The van der Waals surface area contributed by atoms with E-state index >= 15 is 0 Å². The molecule has 2 aliphatic rings. The molecule has 42 heavy (non-hydrogen) atoms. The third kappa shape index (κ3) is 4.26. The minimum atomic E-state index is -0.247. The van der Waals surface area contributed by atoms with Gasteiger partial charge >= 0.3 is 0 Å². The minimum Gasteiger partial charge on any atom is -0.310 e. The highest BCUT2D eigenvalue weighted by atomic mass is 16.2. The molecule has 6 rings (SSSR count). The fourth-order valence-corrected chi connectivity index (χ4v) is 6.65. The van der Waals surface area contributed by atoms with Gasteiger partial charge in [0.2, 0.25) is 0 Å². The molecule has 0 bridgehead atoms. The first kappa shape index (κ1) is 27.9. The molecule has 0 fully saturated rings. The van der Waals surface area contributed by atoms with Gasteiger partial charge in [-0.15, -0.1) is 0 Å². The number of fused-ring (bicyclic) bond motifs is 3. The maximum Gasteiger partial charge on any atom is 0.197 e. The van der Waals surface area contributed by atoms with Crippen LogP contribution in [0, 0.1) is 0 Å². The van der Waals surface area contributed by atoms with Crippen LogP contribution < -0.4 is 4.90 Å². The summed E-state index contributed by atoms with van der Waals surface area (Å²) in [4.78, 5) is 29.2. The molecule has 0 unspecified atom stereocenters. The Labute approximate surface area is 249 Å². The van der Waals surface area contributed by atoms with Crippen molar-refractivity contribution in [2.24, 2.45) is 0 Å². The first-order valence-corrected chi connectivity index (χ1v) is 14.8. The van der Waals surface area contributed by atoms with Crippen LogP contribution in [-0.2, 0) is 16.2 Å². The molecule has 0 atom stereocenters. The van der Waals surface area contributed by atoms with E-state index in [0.717, 1.165) is 22.4 Å². The Balaban J connectivity index is 1.65. The molecule has 4 aromatic carbocycles. The van der Waals surface area contributed by atoms with Gasteiger partial charge in [-0.25, -0.2) is 0 Å². The van der Waals surface area contributed by atoms with Gasteiger partial charge in [0.25, 0.3) is 0 Å². The molecule has 3 heteroatoms. The lowest BCUT2D eigenvalue weighted by atomic mass is 9.72. The molecule has 4 aromatic rings. The number of ketones is 2. The van der Waals surface area contributed by atoms with E-state index in [4.69, 9.17) is 0 Å². The summed E-state index contributed by atoms with van der Waals surface area (Å²) in [6.07, 6.45) is 1.84. The van der Waals surface area contributed by atoms with E-state index in [1.54, 1.807) is 12.1 Å². The van der Waals surface area contributed by atoms with E-state index in [2.05, 4.69) is 121 Å². The number of hydrogen-bond donors (Lipinski definition) is 0. The summed E-state index contributed by atoms with van der Waals surface area (Å²) in [5.41, 5.74) is 9.80. The number of carbonyl (C=O) groups is 2. The van der Waals surface area contributed by atoms with Crippen LogP contribution in [0.15, 0.2) is 90.5 Å². The van der Waals surface area contributed by atoms with E-state index in [9.17, 15) is 9.59 Å². The maximum absolute atomic E-state index is 13.4. The van der Waals surface area contributed by atoms with Crippen LogP contribution in [0.1, 0.15) is 104 Å². The van der Waals surface area contributed by atoms with Crippen molar-refractivity contribution < 1.29 is 9.59 Å². The summed E-state index contributed by atoms with van der Waals surface area (Å²) < 4.78 is 0. The number of nitrogens with zero attached hydrogens (tertiary/aromatic N) is 1. The number of para-hydroxylation sites is 2. The normalized spacial score (nSPS) is 15.8. The number of rotatable bonds is 2. The second-order valence-electron chi connectivity index (χ2n) is 14.2. The van der Waals surface area contributed by atoms with Gasteiger partial charge < -0.3 is 4.90 Å². The molecule has 1 aliphatic carbocycles. The van der Waals surface area contributed by atoms with Crippen LogP contribution in [0.3, 0.4) is 0 Å². The molecule has 0 spiro atoms. The van der Waals surface area contributed by atoms with E-state index < -0.39 is 0 Å². The SMILES string of the molecule is CC(C)(C)c1cc(N2c3ccccc3C(C)(C)c3ccccc32)c(C(C)(C)C)cc1C=C1C(=O)c2ccccc2C1=O. The fraction of sp³-hybridized carbons (Fsp3) is 0.282. The molecule has 3 nitrogen and oxygen atoms in total. The van der Waals surface area contributed by atoms with E-state index in [1.165, 1.54) is 22.5 Å². The van der Waals surface area contributed by atoms with Gasteiger partial charge in [-0.3, -0.25) is 9.59 Å². The van der Waals surface area contributed by atoms with Crippen molar-refractivity contribution in [2.45, 2.75) is 71.6 Å². The number of Topliss-reactive ketones (excluding diaryl/α,β-unsaturated/α-hetero) is 2. The number of benzene rings is 4. The number of anilines is 3. The molecule has 0 N–H and O–H groups in total. The van der Waals surface area contributed by atoms with Crippen molar-refractivity contribution in [3.8, 4) is 0 Å². The topological polar surface area (TPSA) is 37.4 Å². The first-order chi connectivity index (χ1) is 19.7. The van der Waals surface area contributed by atoms with Crippen LogP contribution in [-0.4, -0.2) is 11.6 Å². The monoisotopic (exact) mass is 553 g/mol. The van der Waals surface area contributed by atoms with Crippen LogP contribution >= 0.6 is 0 Å². The van der Waals surface area contributed by atoms with Gasteiger partial charge in [0.05, 0.1) is 22.6 Å². The quantitative estimate of drug-likeness (QED) is 0.183. The molecular weight excluding hydrogens is 514 g/mol. The highest BCUT2D eigenvalue weighted by Crippen LogP contribution is 2.54. The molecule has 0 saturated heterocycles. The van der Waals surface area contributed by atoms with Gasteiger partial charge in [0, 0.05) is 16.5 Å². The van der Waals surface area contributed by atoms with E-state index in [-0.39, 0.29) is 33.4 Å². The van der Waals surface area contributed by atoms with E-state index in [0.29, 0.717) is 11.1 Å². The summed E-state index contributed by atoms with van der Waals surface area (Å²) in [5.74, 6) is -0.393. The van der Waals surface area contributed by atoms with Crippen molar-refractivity contribution in [2.75, 3.05) is 4.90 Å². The lowest BCUT2D eigenvalue weighted by Gasteiger charge is -2.44. The second-order valence-corrected chi connectivity index (χ2v) is 14.2. The molecule has 0 saturated carbocycles. The van der Waals surface area contributed by atoms with Gasteiger partial charge in [0.1, 0.15) is 0 Å². The zero-order chi connectivity index (χ0) is 30.2. The molecule has 1 aliphatic heterocycles. The molecule has 212 valence electrons. The van der Waals surface area contributed by atoms with Gasteiger partial charge in [-0.1, -0.05) is 116 Å².